The normalized spacial score (nSPS) is 10.1. The summed E-state index contributed by atoms with van der Waals surface area (Å²) in [6, 6.07) is 6.68. The Hall–Kier alpha value is -2.68. The molecule has 6 heteroatoms. The molecule has 0 aliphatic carbocycles. The van der Waals surface area contributed by atoms with Crippen molar-refractivity contribution >= 4 is 11.8 Å². The van der Waals surface area contributed by atoms with E-state index in [-0.39, 0.29) is 28.6 Å². The molecule has 0 aliphatic heterocycles. The fraction of sp³-hybridized carbons (Fsp3) is 0.0833. The zero-order valence-electron chi connectivity index (χ0n) is 9.61. The van der Waals surface area contributed by atoms with Crippen molar-refractivity contribution in [2.75, 3.05) is 11.5 Å². The number of benzene rings is 1. The topological polar surface area (TPSA) is 102 Å². The maximum absolute atomic E-state index is 14.0. The molecular formula is C12H10FN5. The smallest absolute Gasteiger partial charge is 0.222 e. The summed E-state index contributed by atoms with van der Waals surface area (Å²) < 4.78 is 14.0. The third-order valence-corrected chi connectivity index (χ3v) is 2.51. The van der Waals surface area contributed by atoms with Crippen molar-refractivity contribution in [2.45, 2.75) is 6.92 Å². The van der Waals surface area contributed by atoms with Gasteiger partial charge in [0.25, 0.3) is 0 Å². The Kier molecular flexibility index (Phi) is 2.81. The molecule has 4 N–H and O–H groups in total. The average Bonchev–Trinajstić information content (AvgIpc) is 2.32. The number of aryl methyl sites for hydroxylation is 1. The van der Waals surface area contributed by atoms with Crippen LogP contribution in [0.2, 0.25) is 0 Å². The van der Waals surface area contributed by atoms with Gasteiger partial charge in [-0.15, -0.1) is 0 Å². The van der Waals surface area contributed by atoms with Crippen molar-refractivity contribution in [3.05, 3.63) is 35.1 Å². The molecule has 90 valence electrons. The molecule has 0 radical (unpaired) electrons. The first kappa shape index (κ1) is 11.8. The van der Waals surface area contributed by atoms with E-state index in [1.54, 1.807) is 19.1 Å². The van der Waals surface area contributed by atoms with Gasteiger partial charge < -0.3 is 11.5 Å². The van der Waals surface area contributed by atoms with Crippen LogP contribution in [0.3, 0.4) is 0 Å². The highest BCUT2D eigenvalue weighted by Gasteiger charge is 2.17. The molecule has 0 saturated heterocycles. The van der Waals surface area contributed by atoms with Gasteiger partial charge in [0, 0.05) is 5.56 Å². The van der Waals surface area contributed by atoms with E-state index < -0.39 is 5.82 Å². The number of hydrogen-bond donors (Lipinski definition) is 2. The Morgan fingerprint density at radius 1 is 1.28 bits per heavy atom. The van der Waals surface area contributed by atoms with Gasteiger partial charge >= 0.3 is 0 Å². The molecular weight excluding hydrogens is 233 g/mol. The number of rotatable bonds is 1. The maximum atomic E-state index is 14.0. The van der Waals surface area contributed by atoms with Crippen LogP contribution in [0.5, 0.6) is 0 Å². The lowest BCUT2D eigenvalue weighted by Crippen LogP contribution is -2.05. The number of halogens is 1. The first-order chi connectivity index (χ1) is 8.54. The van der Waals surface area contributed by atoms with E-state index >= 15 is 0 Å². The molecule has 1 aromatic carbocycles. The molecule has 1 heterocycles. The molecule has 2 aromatic rings. The van der Waals surface area contributed by atoms with Crippen molar-refractivity contribution < 1.29 is 4.39 Å². The Labute approximate surface area is 103 Å². The molecule has 0 aliphatic rings. The molecule has 1 aromatic heterocycles. The SMILES string of the molecule is Cc1cccc(-c2nc(N)nc(N)c2C#N)c1F. The van der Waals surface area contributed by atoms with Crippen molar-refractivity contribution in [1.29, 1.82) is 5.26 Å². The van der Waals surface area contributed by atoms with E-state index in [1.165, 1.54) is 6.07 Å². The highest BCUT2D eigenvalue weighted by atomic mass is 19.1. The Bertz CT molecular complexity index is 660. The minimum atomic E-state index is -0.452. The Morgan fingerprint density at radius 3 is 2.67 bits per heavy atom. The monoisotopic (exact) mass is 243 g/mol. The molecule has 0 atom stereocenters. The number of nitriles is 1. The van der Waals surface area contributed by atoms with Gasteiger partial charge in [0.1, 0.15) is 23.3 Å². The van der Waals surface area contributed by atoms with Crippen LogP contribution in [0.15, 0.2) is 18.2 Å². The van der Waals surface area contributed by atoms with Gasteiger partial charge in [0.15, 0.2) is 0 Å². The third-order valence-electron chi connectivity index (χ3n) is 2.51. The van der Waals surface area contributed by atoms with E-state index in [2.05, 4.69) is 9.97 Å². The van der Waals surface area contributed by atoms with Crippen LogP contribution in [0, 0.1) is 24.1 Å². The van der Waals surface area contributed by atoms with E-state index in [1.807, 2.05) is 6.07 Å². The van der Waals surface area contributed by atoms with Crippen molar-refractivity contribution in [2.24, 2.45) is 0 Å². The minimum absolute atomic E-state index is 0.0219. The predicted octanol–water partition coefficient (Wildman–Crippen LogP) is 1.63. The van der Waals surface area contributed by atoms with Crippen molar-refractivity contribution in [3.63, 3.8) is 0 Å². The second kappa shape index (κ2) is 4.30. The van der Waals surface area contributed by atoms with E-state index in [9.17, 15) is 4.39 Å². The van der Waals surface area contributed by atoms with Gasteiger partial charge in [-0.2, -0.15) is 10.2 Å². The van der Waals surface area contributed by atoms with Crippen LogP contribution in [0.1, 0.15) is 11.1 Å². The molecule has 2 rings (SSSR count). The lowest BCUT2D eigenvalue weighted by Gasteiger charge is -2.08. The van der Waals surface area contributed by atoms with Crippen LogP contribution in [-0.4, -0.2) is 9.97 Å². The lowest BCUT2D eigenvalue weighted by molar-refractivity contribution is 0.621. The van der Waals surface area contributed by atoms with Gasteiger partial charge in [0.05, 0.1) is 5.69 Å². The maximum Gasteiger partial charge on any atom is 0.222 e. The summed E-state index contributed by atoms with van der Waals surface area (Å²) in [6.45, 7) is 1.62. The molecule has 0 unspecified atom stereocenters. The minimum Gasteiger partial charge on any atom is -0.382 e. The Morgan fingerprint density at radius 2 is 2.00 bits per heavy atom. The largest absolute Gasteiger partial charge is 0.382 e. The van der Waals surface area contributed by atoms with Crippen LogP contribution in [-0.2, 0) is 0 Å². The van der Waals surface area contributed by atoms with Crippen molar-refractivity contribution in [3.8, 4) is 17.3 Å². The molecule has 18 heavy (non-hydrogen) atoms. The number of nitrogens with two attached hydrogens (primary N) is 2. The van der Waals surface area contributed by atoms with E-state index in [4.69, 9.17) is 16.7 Å². The third kappa shape index (κ3) is 1.82. The zero-order chi connectivity index (χ0) is 13.3. The average molecular weight is 243 g/mol. The van der Waals surface area contributed by atoms with Crippen LogP contribution < -0.4 is 11.5 Å². The predicted molar refractivity (Wildman–Crippen MR) is 65.7 cm³/mol. The summed E-state index contributed by atoms with van der Waals surface area (Å²) in [5.74, 6) is -0.602. The lowest BCUT2D eigenvalue weighted by atomic mass is 10.0. The summed E-state index contributed by atoms with van der Waals surface area (Å²) in [5, 5.41) is 9.04. The molecule has 0 spiro atoms. The summed E-state index contributed by atoms with van der Waals surface area (Å²) in [7, 11) is 0. The quantitative estimate of drug-likeness (QED) is 0.792. The van der Waals surface area contributed by atoms with E-state index in [0.29, 0.717) is 5.56 Å². The van der Waals surface area contributed by atoms with Gasteiger partial charge in [-0.25, -0.2) is 9.37 Å². The molecule has 0 saturated carbocycles. The molecule has 0 fully saturated rings. The molecule has 0 amide bonds. The van der Waals surface area contributed by atoms with Gasteiger partial charge in [0.2, 0.25) is 5.95 Å². The van der Waals surface area contributed by atoms with Crippen LogP contribution >= 0.6 is 0 Å². The summed E-state index contributed by atoms with van der Waals surface area (Å²) in [6.07, 6.45) is 0. The second-order valence-corrected chi connectivity index (χ2v) is 3.74. The molecule has 0 bridgehead atoms. The van der Waals surface area contributed by atoms with Crippen molar-refractivity contribution in [1.82, 2.24) is 9.97 Å². The first-order valence-electron chi connectivity index (χ1n) is 5.13. The summed E-state index contributed by atoms with van der Waals surface area (Å²) in [4.78, 5) is 7.58. The molecule has 5 nitrogen and oxygen atoms in total. The number of hydrogen-bond acceptors (Lipinski definition) is 5. The summed E-state index contributed by atoms with van der Waals surface area (Å²) in [5.41, 5.74) is 11.8. The highest BCUT2D eigenvalue weighted by molar-refractivity contribution is 5.73. The van der Waals surface area contributed by atoms with Gasteiger partial charge in [-0.05, 0) is 18.6 Å². The highest BCUT2D eigenvalue weighted by Crippen LogP contribution is 2.28. The Balaban J connectivity index is 2.79. The fourth-order valence-corrected chi connectivity index (χ4v) is 1.63. The van der Waals surface area contributed by atoms with Crippen LogP contribution in [0.25, 0.3) is 11.3 Å². The number of anilines is 2. The van der Waals surface area contributed by atoms with Crippen LogP contribution in [0.4, 0.5) is 16.2 Å². The standard InChI is InChI=1S/C12H10FN5/c1-6-3-2-4-7(9(6)13)10-8(5-14)11(15)18-12(16)17-10/h2-4H,1H3,(H4,15,16,17,18). The zero-order valence-corrected chi connectivity index (χ0v) is 9.61. The van der Waals surface area contributed by atoms with Gasteiger partial charge in [-0.1, -0.05) is 12.1 Å². The number of aromatic nitrogens is 2. The van der Waals surface area contributed by atoms with E-state index in [0.717, 1.165) is 0 Å². The second-order valence-electron chi connectivity index (χ2n) is 3.74. The first-order valence-corrected chi connectivity index (χ1v) is 5.13. The number of nitrogens with zero attached hydrogens (tertiary/aromatic N) is 3. The fourth-order valence-electron chi connectivity index (χ4n) is 1.63. The summed E-state index contributed by atoms with van der Waals surface area (Å²) >= 11 is 0. The number of nitrogen functional groups attached to an aromatic ring is 2. The van der Waals surface area contributed by atoms with Gasteiger partial charge in [-0.3, -0.25) is 0 Å².